The second-order valence-corrected chi connectivity index (χ2v) is 5.27. The summed E-state index contributed by atoms with van der Waals surface area (Å²) in [4.78, 5) is 9.08. The van der Waals surface area contributed by atoms with Gasteiger partial charge in [-0.2, -0.15) is 0 Å². The van der Waals surface area contributed by atoms with Crippen LogP contribution in [0.1, 0.15) is 31.4 Å². The second kappa shape index (κ2) is 5.67. The van der Waals surface area contributed by atoms with Gasteiger partial charge in [-0.05, 0) is 51.5 Å². The van der Waals surface area contributed by atoms with Crippen molar-refractivity contribution < 1.29 is 5.11 Å². The Labute approximate surface area is 109 Å². The van der Waals surface area contributed by atoms with Crippen molar-refractivity contribution in [3.05, 3.63) is 23.9 Å². The number of hydrogen-bond donors (Lipinski definition) is 1. The minimum atomic E-state index is -0.444. The first kappa shape index (κ1) is 13.3. The van der Waals surface area contributed by atoms with E-state index in [1.54, 1.807) is 13.1 Å². The summed E-state index contributed by atoms with van der Waals surface area (Å²) >= 11 is 0. The van der Waals surface area contributed by atoms with E-state index in [1.807, 2.05) is 12.1 Å². The molecule has 1 aliphatic heterocycles. The van der Waals surface area contributed by atoms with Crippen molar-refractivity contribution >= 4 is 5.82 Å². The third kappa shape index (κ3) is 3.00. The van der Waals surface area contributed by atoms with Crippen LogP contribution in [0.2, 0.25) is 0 Å². The van der Waals surface area contributed by atoms with Crippen LogP contribution in [-0.4, -0.2) is 48.2 Å². The van der Waals surface area contributed by atoms with Gasteiger partial charge in [0.15, 0.2) is 0 Å². The second-order valence-electron chi connectivity index (χ2n) is 5.27. The quantitative estimate of drug-likeness (QED) is 0.884. The van der Waals surface area contributed by atoms with Gasteiger partial charge in [-0.3, -0.25) is 0 Å². The lowest BCUT2D eigenvalue weighted by Crippen LogP contribution is -2.42. The molecule has 0 amide bonds. The van der Waals surface area contributed by atoms with Crippen LogP contribution >= 0.6 is 0 Å². The summed E-state index contributed by atoms with van der Waals surface area (Å²) in [6.07, 6.45) is 3.70. The van der Waals surface area contributed by atoms with E-state index in [2.05, 4.69) is 28.9 Å². The normalized spacial score (nSPS) is 19.8. The highest BCUT2D eigenvalue weighted by Crippen LogP contribution is 2.21. The Morgan fingerprint density at radius 1 is 1.39 bits per heavy atom. The predicted octanol–water partition coefficient (Wildman–Crippen LogP) is 1.67. The fourth-order valence-electron chi connectivity index (χ4n) is 2.42. The Hall–Kier alpha value is -1.13. The van der Waals surface area contributed by atoms with Crippen LogP contribution in [-0.2, 0) is 0 Å². The zero-order valence-corrected chi connectivity index (χ0v) is 11.5. The van der Waals surface area contributed by atoms with Crippen molar-refractivity contribution in [3.63, 3.8) is 0 Å². The average molecular weight is 249 g/mol. The maximum Gasteiger partial charge on any atom is 0.128 e. The van der Waals surface area contributed by atoms with E-state index in [1.165, 1.54) is 12.8 Å². The molecule has 0 aliphatic carbocycles. The molecule has 1 aliphatic rings. The number of aliphatic hydroxyl groups excluding tert-OH is 1. The Morgan fingerprint density at radius 2 is 2.06 bits per heavy atom. The van der Waals surface area contributed by atoms with E-state index in [4.69, 9.17) is 0 Å². The van der Waals surface area contributed by atoms with E-state index in [9.17, 15) is 5.11 Å². The van der Waals surface area contributed by atoms with Crippen LogP contribution in [0, 0.1) is 0 Å². The lowest BCUT2D eigenvalue weighted by molar-refractivity contribution is 0.199. The highest BCUT2D eigenvalue weighted by molar-refractivity contribution is 5.40. The number of pyridine rings is 1. The minimum Gasteiger partial charge on any atom is -0.389 e. The number of nitrogens with zero attached hydrogens (tertiary/aromatic N) is 3. The summed E-state index contributed by atoms with van der Waals surface area (Å²) in [6.45, 7) is 4.07. The van der Waals surface area contributed by atoms with Gasteiger partial charge in [-0.1, -0.05) is 6.07 Å². The predicted molar refractivity (Wildman–Crippen MR) is 73.8 cm³/mol. The lowest BCUT2D eigenvalue weighted by Gasteiger charge is -2.35. The smallest absolute Gasteiger partial charge is 0.128 e. The fraction of sp³-hybridized carbons (Fsp3) is 0.643. The molecule has 1 fully saturated rings. The summed E-state index contributed by atoms with van der Waals surface area (Å²) in [5, 5.41) is 9.47. The van der Waals surface area contributed by atoms with Gasteiger partial charge in [0.1, 0.15) is 5.82 Å². The van der Waals surface area contributed by atoms with Crippen LogP contribution in [0.5, 0.6) is 0 Å². The molecule has 18 heavy (non-hydrogen) atoms. The van der Waals surface area contributed by atoms with Gasteiger partial charge in [0.2, 0.25) is 0 Å². The van der Waals surface area contributed by atoms with Gasteiger partial charge >= 0.3 is 0 Å². The molecule has 1 aromatic heterocycles. The Morgan fingerprint density at radius 3 is 2.56 bits per heavy atom. The fourth-order valence-corrected chi connectivity index (χ4v) is 2.42. The zero-order valence-electron chi connectivity index (χ0n) is 11.5. The zero-order chi connectivity index (χ0) is 13.1. The largest absolute Gasteiger partial charge is 0.389 e. The van der Waals surface area contributed by atoms with Crippen LogP contribution in [0.3, 0.4) is 0 Å². The van der Waals surface area contributed by atoms with Crippen molar-refractivity contribution in [2.24, 2.45) is 0 Å². The molecule has 0 spiro atoms. The molecule has 1 atom stereocenters. The topological polar surface area (TPSA) is 39.6 Å². The van der Waals surface area contributed by atoms with Crippen molar-refractivity contribution in [2.45, 2.75) is 31.9 Å². The van der Waals surface area contributed by atoms with Gasteiger partial charge in [0.05, 0.1) is 6.10 Å². The molecule has 1 saturated heterocycles. The summed E-state index contributed by atoms with van der Waals surface area (Å²) in [7, 11) is 4.28. The molecule has 0 saturated carbocycles. The van der Waals surface area contributed by atoms with E-state index in [0.29, 0.717) is 6.04 Å². The monoisotopic (exact) mass is 249 g/mol. The number of likely N-dealkylation sites (tertiary alicyclic amines) is 1. The van der Waals surface area contributed by atoms with Gasteiger partial charge in [0, 0.05) is 19.3 Å². The summed E-state index contributed by atoms with van der Waals surface area (Å²) < 4.78 is 0. The Balaban J connectivity index is 2.02. The molecule has 0 radical (unpaired) electrons. The summed E-state index contributed by atoms with van der Waals surface area (Å²) in [5.41, 5.74) is 0.871. The minimum absolute atomic E-state index is 0.444. The number of hydrogen-bond acceptors (Lipinski definition) is 4. The van der Waals surface area contributed by atoms with Crippen molar-refractivity contribution in [1.29, 1.82) is 0 Å². The molecular weight excluding hydrogens is 226 g/mol. The summed E-state index contributed by atoms with van der Waals surface area (Å²) in [6, 6.07) is 4.53. The number of piperidine rings is 1. The van der Waals surface area contributed by atoms with Crippen LogP contribution in [0.15, 0.2) is 18.3 Å². The van der Waals surface area contributed by atoms with Gasteiger partial charge in [0.25, 0.3) is 0 Å². The van der Waals surface area contributed by atoms with Crippen LogP contribution in [0.25, 0.3) is 0 Å². The third-order valence-corrected chi connectivity index (χ3v) is 3.85. The maximum atomic E-state index is 9.47. The number of anilines is 1. The Bertz CT molecular complexity index is 369. The highest BCUT2D eigenvalue weighted by Gasteiger charge is 2.21. The molecule has 2 rings (SSSR count). The van der Waals surface area contributed by atoms with E-state index in [-0.39, 0.29) is 0 Å². The van der Waals surface area contributed by atoms with Crippen molar-refractivity contribution in [3.8, 4) is 0 Å². The van der Waals surface area contributed by atoms with E-state index in [0.717, 1.165) is 24.5 Å². The third-order valence-electron chi connectivity index (χ3n) is 3.85. The summed E-state index contributed by atoms with van der Waals surface area (Å²) in [5.74, 6) is 0.994. The SMILES string of the molecule is C[C@H](O)c1ccc(N(C)C2CCN(C)CC2)nc1. The molecule has 0 bridgehead atoms. The molecular formula is C14H23N3O. The maximum absolute atomic E-state index is 9.47. The lowest BCUT2D eigenvalue weighted by atomic mass is 10.0. The number of aromatic nitrogens is 1. The first-order valence-electron chi connectivity index (χ1n) is 6.63. The van der Waals surface area contributed by atoms with E-state index < -0.39 is 6.10 Å². The first-order chi connectivity index (χ1) is 8.58. The van der Waals surface area contributed by atoms with Gasteiger partial charge < -0.3 is 14.9 Å². The standard InChI is InChI=1S/C14H23N3O/c1-11(18)12-4-5-14(15-10-12)17(3)13-6-8-16(2)9-7-13/h4-5,10-11,13,18H,6-9H2,1-3H3/t11-/m0/s1. The highest BCUT2D eigenvalue weighted by atomic mass is 16.3. The number of rotatable bonds is 3. The van der Waals surface area contributed by atoms with Crippen molar-refractivity contribution in [1.82, 2.24) is 9.88 Å². The molecule has 2 heterocycles. The van der Waals surface area contributed by atoms with E-state index >= 15 is 0 Å². The molecule has 1 N–H and O–H groups in total. The van der Waals surface area contributed by atoms with Gasteiger partial charge in [-0.25, -0.2) is 4.98 Å². The molecule has 4 nitrogen and oxygen atoms in total. The molecule has 1 aromatic rings. The average Bonchev–Trinajstić information content (AvgIpc) is 2.39. The number of aliphatic hydroxyl groups is 1. The van der Waals surface area contributed by atoms with Crippen LogP contribution < -0.4 is 4.90 Å². The first-order valence-corrected chi connectivity index (χ1v) is 6.63. The van der Waals surface area contributed by atoms with Crippen molar-refractivity contribution in [2.75, 3.05) is 32.1 Å². The molecule has 4 heteroatoms. The van der Waals surface area contributed by atoms with Crippen LogP contribution in [0.4, 0.5) is 5.82 Å². The Kier molecular flexibility index (Phi) is 4.19. The molecule has 0 unspecified atom stereocenters. The van der Waals surface area contributed by atoms with Gasteiger partial charge in [-0.15, -0.1) is 0 Å². The molecule has 100 valence electrons. The molecule has 0 aromatic carbocycles.